The molecule has 1 fully saturated rings. The van der Waals surface area contributed by atoms with Crippen molar-refractivity contribution in [3.8, 4) is 0 Å². The molecule has 5 N–H and O–H groups in total. The zero-order valence-electron chi connectivity index (χ0n) is 12.6. The van der Waals surface area contributed by atoms with Gasteiger partial charge in [-0.15, -0.1) is 11.3 Å². The summed E-state index contributed by atoms with van der Waals surface area (Å²) in [6.45, 7) is 3.07. The van der Waals surface area contributed by atoms with E-state index >= 15 is 0 Å². The molecule has 3 aromatic rings. The zero-order valence-corrected chi connectivity index (χ0v) is 13.4. The minimum absolute atomic E-state index is 0.160. The minimum Gasteiger partial charge on any atom is -0.382 e. The van der Waals surface area contributed by atoms with Crippen LogP contribution in [0.15, 0.2) is 11.7 Å². The van der Waals surface area contributed by atoms with Crippen LogP contribution in [-0.4, -0.2) is 42.9 Å². The normalized spacial score (nSPS) is 17.0. The Balaban J connectivity index is 1.47. The van der Waals surface area contributed by atoms with E-state index in [4.69, 9.17) is 11.5 Å². The summed E-state index contributed by atoms with van der Waals surface area (Å²) >= 11 is 1.71. The second-order valence-electron chi connectivity index (χ2n) is 5.81. The average Bonchev–Trinajstić information content (AvgIpc) is 3.17. The smallest absolute Gasteiger partial charge is 0.224 e. The topological polar surface area (TPSA) is 123 Å². The SMILES string of the molecule is Nc1nc(N)c2[nH]c(C3CCN(Cc4cncs4)CC3)nc2n1. The molecule has 0 saturated carbocycles. The van der Waals surface area contributed by atoms with Crippen LogP contribution in [0.1, 0.15) is 29.5 Å². The first kappa shape index (κ1) is 14.3. The predicted octanol–water partition coefficient (Wildman–Crippen LogP) is 1.35. The lowest BCUT2D eigenvalue weighted by molar-refractivity contribution is 0.203. The summed E-state index contributed by atoms with van der Waals surface area (Å²) in [6.07, 6.45) is 4.06. The van der Waals surface area contributed by atoms with Crippen molar-refractivity contribution < 1.29 is 0 Å². The van der Waals surface area contributed by atoms with E-state index in [1.807, 2.05) is 11.7 Å². The monoisotopic (exact) mass is 330 g/mol. The van der Waals surface area contributed by atoms with E-state index in [-0.39, 0.29) is 5.95 Å². The van der Waals surface area contributed by atoms with Crippen molar-refractivity contribution in [2.75, 3.05) is 24.6 Å². The van der Waals surface area contributed by atoms with Gasteiger partial charge in [0.1, 0.15) is 11.3 Å². The number of fused-ring (bicyclic) bond motifs is 1. The second-order valence-corrected chi connectivity index (χ2v) is 6.78. The molecule has 8 nitrogen and oxygen atoms in total. The molecule has 0 bridgehead atoms. The van der Waals surface area contributed by atoms with Crippen molar-refractivity contribution in [2.24, 2.45) is 0 Å². The highest BCUT2D eigenvalue weighted by molar-refractivity contribution is 7.09. The molecule has 1 saturated heterocycles. The number of hydrogen-bond donors (Lipinski definition) is 3. The Morgan fingerprint density at radius 3 is 2.78 bits per heavy atom. The summed E-state index contributed by atoms with van der Waals surface area (Å²) in [6, 6.07) is 0. The fourth-order valence-corrected chi connectivity index (χ4v) is 3.69. The highest BCUT2D eigenvalue weighted by Crippen LogP contribution is 2.29. The molecule has 4 rings (SSSR count). The van der Waals surface area contributed by atoms with E-state index in [9.17, 15) is 0 Å². The molecule has 3 aromatic heterocycles. The molecule has 4 heterocycles. The summed E-state index contributed by atoms with van der Waals surface area (Å²) in [5.74, 6) is 1.84. The van der Waals surface area contributed by atoms with Crippen LogP contribution < -0.4 is 11.5 Å². The summed E-state index contributed by atoms with van der Waals surface area (Å²) in [7, 11) is 0. The van der Waals surface area contributed by atoms with Gasteiger partial charge < -0.3 is 16.5 Å². The Labute approximate surface area is 137 Å². The number of rotatable bonds is 3. The number of aromatic amines is 1. The van der Waals surface area contributed by atoms with Gasteiger partial charge in [0, 0.05) is 23.5 Å². The fourth-order valence-electron chi connectivity index (χ4n) is 3.05. The third kappa shape index (κ3) is 2.84. The van der Waals surface area contributed by atoms with E-state index in [1.54, 1.807) is 11.3 Å². The first-order chi connectivity index (χ1) is 11.2. The molecule has 1 aliphatic heterocycles. The largest absolute Gasteiger partial charge is 0.382 e. The number of nitrogens with zero attached hydrogens (tertiary/aromatic N) is 5. The number of anilines is 2. The van der Waals surface area contributed by atoms with Gasteiger partial charge in [0.05, 0.1) is 5.51 Å². The Kier molecular flexibility index (Phi) is 3.58. The Morgan fingerprint density at radius 1 is 1.22 bits per heavy atom. The van der Waals surface area contributed by atoms with Crippen molar-refractivity contribution in [3.63, 3.8) is 0 Å². The molecular weight excluding hydrogens is 312 g/mol. The number of aromatic nitrogens is 5. The number of H-pyrrole nitrogens is 1. The van der Waals surface area contributed by atoms with Gasteiger partial charge in [0.2, 0.25) is 5.95 Å². The molecule has 0 atom stereocenters. The maximum atomic E-state index is 5.88. The van der Waals surface area contributed by atoms with Crippen LogP contribution in [0.5, 0.6) is 0 Å². The molecule has 120 valence electrons. The van der Waals surface area contributed by atoms with Crippen molar-refractivity contribution in [2.45, 2.75) is 25.3 Å². The van der Waals surface area contributed by atoms with Gasteiger partial charge in [0.25, 0.3) is 0 Å². The molecule has 23 heavy (non-hydrogen) atoms. The highest BCUT2D eigenvalue weighted by Gasteiger charge is 2.24. The number of nitrogen functional groups attached to an aromatic ring is 2. The number of nitrogens with two attached hydrogens (primary N) is 2. The Bertz CT molecular complexity index is 804. The van der Waals surface area contributed by atoms with Crippen molar-refractivity contribution in [1.29, 1.82) is 0 Å². The predicted molar refractivity (Wildman–Crippen MR) is 89.9 cm³/mol. The lowest BCUT2D eigenvalue weighted by atomic mass is 9.96. The van der Waals surface area contributed by atoms with Crippen LogP contribution in [-0.2, 0) is 6.54 Å². The van der Waals surface area contributed by atoms with Gasteiger partial charge in [-0.3, -0.25) is 9.88 Å². The number of thiazole rings is 1. The van der Waals surface area contributed by atoms with Crippen LogP contribution in [0.2, 0.25) is 0 Å². The Hall–Kier alpha value is -2.26. The molecule has 0 aliphatic carbocycles. The second kappa shape index (κ2) is 5.74. The summed E-state index contributed by atoms with van der Waals surface area (Å²) < 4.78 is 0. The van der Waals surface area contributed by atoms with E-state index in [1.165, 1.54) is 4.88 Å². The quantitative estimate of drug-likeness (QED) is 0.662. The zero-order chi connectivity index (χ0) is 15.8. The van der Waals surface area contributed by atoms with Crippen molar-refractivity contribution in [1.82, 2.24) is 29.8 Å². The lowest BCUT2D eigenvalue weighted by Gasteiger charge is -2.30. The van der Waals surface area contributed by atoms with Crippen molar-refractivity contribution in [3.05, 3.63) is 22.4 Å². The molecular formula is C14H18N8S. The van der Waals surface area contributed by atoms with Gasteiger partial charge in [-0.25, -0.2) is 4.98 Å². The molecule has 1 aliphatic rings. The number of nitrogens with one attached hydrogen (secondary N) is 1. The molecule has 0 aromatic carbocycles. The standard InChI is InChI=1S/C14H18N8S/c15-11-10-13(21-14(16)19-11)20-12(18-10)8-1-3-22(4-2-8)6-9-5-17-7-23-9/h5,7-8H,1-4,6H2,(H5,15,16,18,19,20,21). The number of piperidine rings is 1. The van der Waals surface area contributed by atoms with E-state index in [0.717, 1.165) is 38.3 Å². The molecule has 0 amide bonds. The van der Waals surface area contributed by atoms with Gasteiger partial charge in [0.15, 0.2) is 11.5 Å². The van der Waals surface area contributed by atoms with Gasteiger partial charge in [-0.1, -0.05) is 0 Å². The Morgan fingerprint density at radius 2 is 2.04 bits per heavy atom. The van der Waals surface area contributed by atoms with Crippen LogP contribution in [0.4, 0.5) is 11.8 Å². The van der Waals surface area contributed by atoms with Crippen LogP contribution in [0.3, 0.4) is 0 Å². The molecule has 9 heteroatoms. The van der Waals surface area contributed by atoms with Gasteiger partial charge in [-0.05, 0) is 25.9 Å². The van der Waals surface area contributed by atoms with Gasteiger partial charge >= 0.3 is 0 Å². The van der Waals surface area contributed by atoms with Crippen LogP contribution in [0.25, 0.3) is 11.2 Å². The maximum absolute atomic E-state index is 5.88. The third-order valence-corrected chi connectivity index (χ3v) is 5.02. The molecule has 0 radical (unpaired) electrons. The van der Waals surface area contributed by atoms with E-state index in [0.29, 0.717) is 22.9 Å². The van der Waals surface area contributed by atoms with Crippen molar-refractivity contribution >= 4 is 34.3 Å². The maximum Gasteiger partial charge on any atom is 0.224 e. The summed E-state index contributed by atoms with van der Waals surface area (Å²) in [5, 5.41) is 0. The average molecular weight is 330 g/mol. The first-order valence-electron chi connectivity index (χ1n) is 7.57. The molecule has 0 unspecified atom stereocenters. The third-order valence-electron chi connectivity index (χ3n) is 4.25. The molecule has 0 spiro atoms. The highest BCUT2D eigenvalue weighted by atomic mass is 32.1. The van der Waals surface area contributed by atoms with E-state index in [2.05, 4.69) is 29.8 Å². The number of hydrogen-bond acceptors (Lipinski definition) is 8. The van der Waals surface area contributed by atoms with Gasteiger partial charge in [-0.2, -0.15) is 9.97 Å². The number of imidazole rings is 1. The summed E-state index contributed by atoms with van der Waals surface area (Å²) in [4.78, 5) is 23.9. The lowest BCUT2D eigenvalue weighted by Crippen LogP contribution is -2.32. The summed E-state index contributed by atoms with van der Waals surface area (Å²) in [5.41, 5.74) is 14.6. The van der Waals surface area contributed by atoms with E-state index < -0.39 is 0 Å². The number of likely N-dealkylation sites (tertiary alicyclic amines) is 1. The van der Waals surface area contributed by atoms with Crippen LogP contribution >= 0.6 is 11.3 Å². The first-order valence-corrected chi connectivity index (χ1v) is 8.45. The van der Waals surface area contributed by atoms with Crippen LogP contribution in [0, 0.1) is 0 Å². The minimum atomic E-state index is 0.160. The fraction of sp³-hybridized carbons (Fsp3) is 0.429.